The van der Waals surface area contributed by atoms with Gasteiger partial charge in [0.25, 0.3) is 5.91 Å². The summed E-state index contributed by atoms with van der Waals surface area (Å²) in [6, 6.07) is 10.6. The number of halogens is 1. The van der Waals surface area contributed by atoms with Crippen molar-refractivity contribution in [3.63, 3.8) is 0 Å². The van der Waals surface area contributed by atoms with Crippen molar-refractivity contribution in [1.82, 2.24) is 15.1 Å². The maximum absolute atomic E-state index is 14.3. The Kier molecular flexibility index (Phi) is 5.74. The molecule has 2 aromatic carbocycles. The van der Waals surface area contributed by atoms with Crippen LogP contribution < -0.4 is 10.6 Å². The fourth-order valence-corrected chi connectivity index (χ4v) is 5.01. The Hall–Kier alpha value is -3.42. The second kappa shape index (κ2) is 8.84. The largest absolute Gasteiger partial charge is 0.335 e. The molecule has 2 aliphatic heterocycles. The Morgan fingerprint density at radius 3 is 2.58 bits per heavy atom. The molecule has 0 bridgehead atoms. The van der Waals surface area contributed by atoms with Crippen molar-refractivity contribution in [3.05, 3.63) is 53.8 Å². The van der Waals surface area contributed by atoms with Crippen LogP contribution in [-0.4, -0.2) is 59.4 Å². The molecule has 172 valence electrons. The van der Waals surface area contributed by atoms with Crippen LogP contribution in [0.25, 0.3) is 11.1 Å². The van der Waals surface area contributed by atoms with E-state index >= 15 is 0 Å². The van der Waals surface area contributed by atoms with E-state index in [1.807, 2.05) is 0 Å². The summed E-state index contributed by atoms with van der Waals surface area (Å²) in [6.07, 6.45) is 5.40. The number of nitrogens with one attached hydrogen (secondary N) is 2. The predicted molar refractivity (Wildman–Crippen MR) is 122 cm³/mol. The third kappa shape index (κ3) is 4.17. The van der Waals surface area contributed by atoms with Crippen LogP contribution >= 0.6 is 0 Å². The fourth-order valence-electron chi connectivity index (χ4n) is 5.01. The maximum Gasteiger partial charge on any atom is 0.317 e. The molecule has 0 aromatic heterocycles. The highest BCUT2D eigenvalue weighted by atomic mass is 19.1. The van der Waals surface area contributed by atoms with Gasteiger partial charge in [0.15, 0.2) is 0 Å². The average Bonchev–Trinajstić information content (AvgIpc) is 2.94. The highest BCUT2D eigenvalue weighted by Crippen LogP contribution is 2.31. The Bertz CT molecular complexity index is 1100. The number of amides is 4. The molecule has 4 amide bonds. The summed E-state index contributed by atoms with van der Waals surface area (Å²) in [4.78, 5) is 42.4. The van der Waals surface area contributed by atoms with Gasteiger partial charge in [0, 0.05) is 24.7 Å². The summed E-state index contributed by atoms with van der Waals surface area (Å²) in [5.74, 6) is -0.993. The zero-order valence-electron chi connectivity index (χ0n) is 18.4. The first-order valence-corrected chi connectivity index (χ1v) is 11.6. The smallest absolute Gasteiger partial charge is 0.317 e. The zero-order chi connectivity index (χ0) is 22.9. The normalized spacial score (nSPS) is 21.1. The van der Waals surface area contributed by atoms with E-state index < -0.39 is 6.04 Å². The van der Waals surface area contributed by atoms with E-state index in [2.05, 4.69) is 10.6 Å². The van der Waals surface area contributed by atoms with Crippen molar-refractivity contribution in [1.29, 1.82) is 0 Å². The first-order chi connectivity index (χ1) is 16.0. The number of hydrogen-bond acceptors (Lipinski definition) is 3. The average molecular weight is 451 g/mol. The van der Waals surface area contributed by atoms with Crippen molar-refractivity contribution in [2.24, 2.45) is 0 Å². The molecule has 5 rings (SSSR count). The van der Waals surface area contributed by atoms with Crippen LogP contribution in [0.1, 0.15) is 42.5 Å². The molecule has 3 aliphatic rings. The molecule has 33 heavy (non-hydrogen) atoms. The lowest BCUT2D eigenvalue weighted by molar-refractivity contribution is -0.121. The zero-order valence-corrected chi connectivity index (χ0v) is 18.4. The Morgan fingerprint density at radius 1 is 1.00 bits per heavy atom. The first kappa shape index (κ1) is 21.4. The number of benzene rings is 2. The van der Waals surface area contributed by atoms with Crippen molar-refractivity contribution in [2.45, 2.75) is 44.2 Å². The number of anilines is 1. The van der Waals surface area contributed by atoms with E-state index in [-0.39, 0.29) is 42.8 Å². The van der Waals surface area contributed by atoms with Gasteiger partial charge in [0.1, 0.15) is 11.9 Å². The number of urea groups is 1. The standard InChI is InChI=1S/C25H27FN4O3/c26-20-9-5-4-8-18(20)16-10-11-21-19(14-16)24(32)30-13-12-29(15-22(30)23(31)28-21)25(33)27-17-6-2-1-3-7-17/h4-5,8-11,14,17,22H,1-3,6-7,12-13,15H2,(H,27,33)(H,28,31)/t22-/m1/s1. The molecule has 7 nitrogen and oxygen atoms in total. The molecule has 8 heteroatoms. The number of fused-ring (bicyclic) bond motifs is 2. The molecule has 0 radical (unpaired) electrons. The lowest BCUT2D eigenvalue weighted by Gasteiger charge is -2.40. The van der Waals surface area contributed by atoms with Crippen LogP contribution in [0.15, 0.2) is 42.5 Å². The van der Waals surface area contributed by atoms with E-state index in [0.717, 1.165) is 25.7 Å². The minimum Gasteiger partial charge on any atom is -0.335 e. The van der Waals surface area contributed by atoms with E-state index in [0.29, 0.717) is 28.9 Å². The van der Waals surface area contributed by atoms with Gasteiger partial charge in [-0.15, -0.1) is 0 Å². The van der Waals surface area contributed by atoms with Gasteiger partial charge in [0.2, 0.25) is 5.91 Å². The summed E-state index contributed by atoms with van der Waals surface area (Å²) in [7, 11) is 0. The molecule has 2 heterocycles. The number of hydrogen-bond donors (Lipinski definition) is 2. The first-order valence-electron chi connectivity index (χ1n) is 11.6. The third-order valence-corrected chi connectivity index (χ3v) is 6.86. The molecular weight excluding hydrogens is 423 g/mol. The summed E-state index contributed by atoms with van der Waals surface area (Å²) < 4.78 is 14.3. The van der Waals surface area contributed by atoms with Crippen LogP contribution in [0.2, 0.25) is 0 Å². The topological polar surface area (TPSA) is 81.8 Å². The van der Waals surface area contributed by atoms with Gasteiger partial charge in [-0.1, -0.05) is 43.5 Å². The van der Waals surface area contributed by atoms with Gasteiger partial charge in [-0.2, -0.15) is 0 Å². The van der Waals surface area contributed by atoms with E-state index in [1.165, 1.54) is 17.4 Å². The molecule has 1 saturated heterocycles. The van der Waals surface area contributed by atoms with Gasteiger partial charge in [0.05, 0.1) is 17.8 Å². The minimum atomic E-state index is -0.771. The molecule has 2 fully saturated rings. The van der Waals surface area contributed by atoms with E-state index in [4.69, 9.17) is 0 Å². The van der Waals surface area contributed by atoms with Crippen molar-refractivity contribution in [3.8, 4) is 11.1 Å². The molecule has 2 N–H and O–H groups in total. The van der Waals surface area contributed by atoms with Gasteiger partial charge < -0.3 is 20.4 Å². The Balaban J connectivity index is 1.36. The number of carbonyl (C=O) groups is 3. The molecule has 2 aromatic rings. The van der Waals surface area contributed by atoms with E-state index in [9.17, 15) is 18.8 Å². The van der Waals surface area contributed by atoms with Gasteiger partial charge in [-0.25, -0.2) is 9.18 Å². The van der Waals surface area contributed by atoms with Crippen LogP contribution in [0.3, 0.4) is 0 Å². The van der Waals surface area contributed by atoms with Crippen molar-refractivity contribution < 1.29 is 18.8 Å². The van der Waals surface area contributed by atoms with Crippen LogP contribution in [0, 0.1) is 5.82 Å². The van der Waals surface area contributed by atoms with Crippen LogP contribution in [-0.2, 0) is 4.79 Å². The molecule has 1 aliphatic carbocycles. The second-order valence-electron chi connectivity index (χ2n) is 8.97. The minimum absolute atomic E-state index is 0.143. The quantitative estimate of drug-likeness (QED) is 0.733. The maximum atomic E-state index is 14.3. The Labute approximate surface area is 191 Å². The lowest BCUT2D eigenvalue weighted by Crippen LogP contribution is -2.61. The predicted octanol–water partition coefficient (Wildman–Crippen LogP) is 3.61. The number of piperazine rings is 1. The monoisotopic (exact) mass is 450 g/mol. The molecule has 1 atom stereocenters. The van der Waals surface area contributed by atoms with Crippen molar-refractivity contribution >= 4 is 23.5 Å². The molecule has 0 spiro atoms. The highest BCUT2D eigenvalue weighted by Gasteiger charge is 2.40. The number of rotatable bonds is 2. The van der Waals surface area contributed by atoms with Gasteiger partial charge >= 0.3 is 6.03 Å². The third-order valence-electron chi connectivity index (χ3n) is 6.86. The summed E-state index contributed by atoms with van der Waals surface area (Å²) >= 11 is 0. The SMILES string of the molecule is O=C1Nc2ccc(-c3ccccc3F)cc2C(=O)N2CCN(C(=O)NC3CCCCC3)C[C@H]12. The number of nitrogens with zero attached hydrogens (tertiary/aromatic N) is 2. The molecule has 0 unspecified atom stereocenters. The number of carbonyl (C=O) groups excluding carboxylic acids is 3. The van der Waals surface area contributed by atoms with E-state index in [1.54, 1.807) is 41.3 Å². The van der Waals surface area contributed by atoms with Crippen LogP contribution in [0.5, 0.6) is 0 Å². The highest BCUT2D eigenvalue weighted by molar-refractivity contribution is 6.10. The second-order valence-corrected chi connectivity index (χ2v) is 8.97. The summed E-state index contributed by atoms with van der Waals surface area (Å²) in [5.41, 5.74) is 1.69. The Morgan fingerprint density at radius 2 is 1.79 bits per heavy atom. The summed E-state index contributed by atoms with van der Waals surface area (Å²) in [6.45, 7) is 0.763. The fraction of sp³-hybridized carbons (Fsp3) is 0.400. The lowest BCUT2D eigenvalue weighted by atomic mass is 9.96. The van der Waals surface area contributed by atoms with Gasteiger partial charge in [-0.05, 0) is 36.6 Å². The van der Waals surface area contributed by atoms with Crippen LogP contribution in [0.4, 0.5) is 14.9 Å². The van der Waals surface area contributed by atoms with Crippen molar-refractivity contribution in [2.75, 3.05) is 25.0 Å². The molecule has 1 saturated carbocycles. The summed E-state index contributed by atoms with van der Waals surface area (Å²) in [5, 5.41) is 5.92. The van der Waals surface area contributed by atoms with Gasteiger partial charge in [-0.3, -0.25) is 9.59 Å². The molecular formula is C25H27FN4O3.